The quantitative estimate of drug-likeness (QED) is 0.922. The molecule has 0 aliphatic carbocycles. The molecule has 1 aliphatic heterocycles. The SMILES string of the molecule is CC(O)C1CCCN(c2ccc(S(=O)(=O)C(C)(C)C)nc2)C1. The standard InChI is InChI=1S/C16H26N2O3S/c1-12(19)13-6-5-9-18(11-13)14-7-8-15(17-10-14)22(20,21)16(2,3)4/h7-8,10,12-13,19H,5-6,9,11H2,1-4H3. The Balaban J connectivity index is 2.19. The monoisotopic (exact) mass is 326 g/mol. The zero-order valence-corrected chi connectivity index (χ0v) is 14.6. The lowest BCUT2D eigenvalue weighted by molar-refractivity contribution is 0.115. The summed E-state index contributed by atoms with van der Waals surface area (Å²) < 4.78 is 23.9. The Morgan fingerprint density at radius 2 is 2.05 bits per heavy atom. The lowest BCUT2D eigenvalue weighted by Gasteiger charge is -2.35. The van der Waals surface area contributed by atoms with E-state index in [1.165, 1.54) is 0 Å². The minimum Gasteiger partial charge on any atom is -0.393 e. The zero-order chi connectivity index (χ0) is 16.5. The topological polar surface area (TPSA) is 70.5 Å². The molecule has 6 heteroatoms. The second-order valence-corrected chi connectivity index (χ2v) is 9.71. The Labute approximate surface area is 133 Å². The Hall–Kier alpha value is -1.14. The maximum absolute atomic E-state index is 12.4. The first-order valence-corrected chi connectivity index (χ1v) is 9.25. The normalized spacial score (nSPS) is 21.7. The van der Waals surface area contributed by atoms with Gasteiger partial charge in [-0.2, -0.15) is 0 Å². The number of piperidine rings is 1. The van der Waals surface area contributed by atoms with Crippen LogP contribution in [0, 0.1) is 5.92 Å². The molecule has 5 nitrogen and oxygen atoms in total. The van der Waals surface area contributed by atoms with Crippen LogP contribution in [0.2, 0.25) is 0 Å². The molecule has 2 rings (SSSR count). The van der Waals surface area contributed by atoms with Gasteiger partial charge in [0.2, 0.25) is 0 Å². The first kappa shape index (κ1) is 17.2. The van der Waals surface area contributed by atoms with Crippen LogP contribution >= 0.6 is 0 Å². The lowest BCUT2D eigenvalue weighted by atomic mass is 9.93. The minimum absolute atomic E-state index is 0.118. The van der Waals surface area contributed by atoms with Gasteiger partial charge in [-0.15, -0.1) is 0 Å². The molecule has 0 aromatic carbocycles. The molecule has 124 valence electrons. The third-order valence-corrected chi connectivity index (χ3v) is 6.71. The highest BCUT2D eigenvalue weighted by Gasteiger charge is 2.32. The molecule has 0 spiro atoms. The molecule has 2 atom stereocenters. The van der Waals surface area contributed by atoms with Gasteiger partial charge in [0.15, 0.2) is 14.9 Å². The fourth-order valence-electron chi connectivity index (χ4n) is 2.67. The van der Waals surface area contributed by atoms with Gasteiger partial charge in [0.1, 0.15) is 0 Å². The third-order valence-electron chi connectivity index (χ3n) is 4.31. The van der Waals surface area contributed by atoms with Gasteiger partial charge in [0, 0.05) is 19.0 Å². The van der Waals surface area contributed by atoms with Crippen molar-refractivity contribution in [2.75, 3.05) is 18.0 Å². The van der Waals surface area contributed by atoms with Gasteiger partial charge in [0.25, 0.3) is 0 Å². The van der Waals surface area contributed by atoms with Crippen LogP contribution in [0.15, 0.2) is 23.4 Å². The highest BCUT2D eigenvalue weighted by atomic mass is 32.2. The molecule has 1 N–H and O–H groups in total. The highest BCUT2D eigenvalue weighted by molar-refractivity contribution is 7.92. The number of hydrogen-bond acceptors (Lipinski definition) is 5. The maximum Gasteiger partial charge on any atom is 0.200 e. The molecule has 1 saturated heterocycles. The Kier molecular flexibility index (Phi) is 4.82. The van der Waals surface area contributed by atoms with Crippen molar-refractivity contribution in [1.82, 2.24) is 4.98 Å². The van der Waals surface area contributed by atoms with E-state index in [-0.39, 0.29) is 17.0 Å². The smallest absolute Gasteiger partial charge is 0.200 e. The van der Waals surface area contributed by atoms with Gasteiger partial charge in [-0.25, -0.2) is 13.4 Å². The summed E-state index contributed by atoms with van der Waals surface area (Å²) in [7, 11) is -3.42. The number of pyridine rings is 1. The minimum atomic E-state index is -3.42. The van der Waals surface area contributed by atoms with Gasteiger partial charge in [-0.05, 0) is 52.7 Å². The van der Waals surface area contributed by atoms with Gasteiger partial charge in [-0.1, -0.05) is 0 Å². The summed E-state index contributed by atoms with van der Waals surface area (Å²) in [5.41, 5.74) is 0.915. The highest BCUT2D eigenvalue weighted by Crippen LogP contribution is 2.27. The number of anilines is 1. The van der Waals surface area contributed by atoms with Crippen molar-refractivity contribution in [2.24, 2.45) is 5.92 Å². The summed E-state index contributed by atoms with van der Waals surface area (Å²) in [6, 6.07) is 3.40. The lowest BCUT2D eigenvalue weighted by Crippen LogP contribution is -2.39. The van der Waals surface area contributed by atoms with Gasteiger partial charge in [0.05, 0.1) is 22.7 Å². The van der Waals surface area contributed by atoms with Crippen molar-refractivity contribution in [3.63, 3.8) is 0 Å². The van der Waals surface area contributed by atoms with E-state index >= 15 is 0 Å². The number of aliphatic hydroxyl groups is 1. The molecule has 1 aromatic rings. The summed E-state index contributed by atoms with van der Waals surface area (Å²) in [4.78, 5) is 6.34. The van der Waals surface area contributed by atoms with E-state index in [1.54, 1.807) is 33.0 Å². The second-order valence-electron chi connectivity index (χ2n) is 7.06. The van der Waals surface area contributed by atoms with Gasteiger partial charge < -0.3 is 10.0 Å². The first-order valence-electron chi connectivity index (χ1n) is 7.76. The molecule has 1 fully saturated rings. The second kappa shape index (κ2) is 6.16. The fraction of sp³-hybridized carbons (Fsp3) is 0.688. The van der Waals surface area contributed by atoms with E-state index < -0.39 is 14.6 Å². The number of sulfone groups is 1. The van der Waals surface area contributed by atoms with Crippen LogP contribution in [0.25, 0.3) is 0 Å². The Morgan fingerprint density at radius 3 is 2.55 bits per heavy atom. The van der Waals surface area contributed by atoms with Crippen LogP contribution in [-0.2, 0) is 9.84 Å². The summed E-state index contributed by atoms with van der Waals surface area (Å²) in [6.45, 7) is 8.55. The molecule has 0 saturated carbocycles. The summed E-state index contributed by atoms with van der Waals surface area (Å²) >= 11 is 0. The van der Waals surface area contributed by atoms with Crippen LogP contribution in [0.5, 0.6) is 0 Å². The average molecular weight is 326 g/mol. The van der Waals surface area contributed by atoms with Crippen LogP contribution in [0.4, 0.5) is 5.69 Å². The largest absolute Gasteiger partial charge is 0.393 e. The van der Waals surface area contributed by atoms with Crippen LogP contribution in [-0.4, -0.2) is 42.4 Å². The van der Waals surface area contributed by atoms with Crippen LogP contribution in [0.3, 0.4) is 0 Å². The molecule has 2 heterocycles. The number of aliphatic hydroxyl groups excluding tert-OH is 1. The van der Waals surface area contributed by atoms with Crippen LogP contribution < -0.4 is 4.90 Å². The summed E-state index contributed by atoms with van der Waals surface area (Å²) in [5, 5.41) is 9.88. The molecule has 1 aliphatic rings. The van der Waals surface area contributed by atoms with Crippen molar-refractivity contribution in [3.05, 3.63) is 18.3 Å². The molecule has 0 bridgehead atoms. The molecule has 0 radical (unpaired) electrons. The molecule has 2 unspecified atom stereocenters. The van der Waals surface area contributed by atoms with Crippen molar-refractivity contribution in [2.45, 2.75) is 56.4 Å². The first-order chi connectivity index (χ1) is 10.1. The van der Waals surface area contributed by atoms with Crippen molar-refractivity contribution in [1.29, 1.82) is 0 Å². The third kappa shape index (κ3) is 3.43. The number of nitrogens with zero attached hydrogens (tertiary/aromatic N) is 2. The van der Waals surface area contributed by atoms with E-state index in [0.717, 1.165) is 31.6 Å². The maximum atomic E-state index is 12.4. The molecular formula is C16H26N2O3S. The number of hydrogen-bond donors (Lipinski definition) is 1. The molecule has 0 amide bonds. The van der Waals surface area contributed by atoms with Crippen LogP contribution in [0.1, 0.15) is 40.5 Å². The average Bonchev–Trinajstić information content (AvgIpc) is 2.46. The predicted octanol–water partition coefficient (Wildman–Crippen LogP) is 2.25. The van der Waals surface area contributed by atoms with Crippen molar-refractivity contribution < 1.29 is 13.5 Å². The summed E-state index contributed by atoms with van der Waals surface area (Å²) in [6.07, 6.45) is 3.36. The molecular weight excluding hydrogens is 300 g/mol. The van der Waals surface area contributed by atoms with Gasteiger partial charge in [-0.3, -0.25) is 0 Å². The fourth-order valence-corrected chi connectivity index (χ4v) is 3.74. The van der Waals surface area contributed by atoms with E-state index in [4.69, 9.17) is 0 Å². The Morgan fingerprint density at radius 1 is 1.36 bits per heavy atom. The predicted molar refractivity (Wildman–Crippen MR) is 87.8 cm³/mol. The molecule has 1 aromatic heterocycles. The van der Waals surface area contributed by atoms with E-state index in [0.29, 0.717) is 0 Å². The van der Waals surface area contributed by atoms with E-state index in [9.17, 15) is 13.5 Å². The number of aromatic nitrogens is 1. The Bertz CT molecular complexity index is 603. The van der Waals surface area contributed by atoms with E-state index in [2.05, 4.69) is 9.88 Å². The van der Waals surface area contributed by atoms with Crippen molar-refractivity contribution >= 4 is 15.5 Å². The molecule has 22 heavy (non-hydrogen) atoms. The van der Waals surface area contributed by atoms with Crippen molar-refractivity contribution in [3.8, 4) is 0 Å². The van der Waals surface area contributed by atoms with E-state index in [1.807, 2.05) is 13.0 Å². The van der Waals surface area contributed by atoms with Gasteiger partial charge >= 0.3 is 0 Å². The zero-order valence-electron chi connectivity index (χ0n) is 13.8. The summed E-state index contributed by atoms with van der Waals surface area (Å²) in [5.74, 6) is 0.256. The number of rotatable bonds is 3.